The number of hydrogen-bond donors (Lipinski definition) is 1. The Morgan fingerprint density at radius 1 is 1.44 bits per heavy atom. The minimum atomic E-state index is 0.0192. The lowest BCUT2D eigenvalue weighted by molar-refractivity contribution is -0.121. The van der Waals surface area contributed by atoms with Crippen molar-refractivity contribution < 1.29 is 4.79 Å². The summed E-state index contributed by atoms with van der Waals surface area (Å²) in [5.41, 5.74) is 0.586. The molecule has 98 valence electrons. The van der Waals surface area contributed by atoms with Crippen LogP contribution in [0.3, 0.4) is 0 Å². The molecule has 2 rings (SSSR count). The van der Waals surface area contributed by atoms with Crippen molar-refractivity contribution in [3.63, 3.8) is 0 Å². The van der Waals surface area contributed by atoms with E-state index in [-0.39, 0.29) is 11.8 Å². The Balaban J connectivity index is 2.04. The Bertz CT molecular complexity index is 451. The van der Waals surface area contributed by atoms with E-state index in [1.54, 1.807) is 18.2 Å². The van der Waals surface area contributed by atoms with E-state index >= 15 is 0 Å². The van der Waals surface area contributed by atoms with Crippen LogP contribution in [0.25, 0.3) is 0 Å². The first-order valence-corrected chi connectivity index (χ1v) is 6.76. The van der Waals surface area contributed by atoms with Crippen LogP contribution in [0, 0.1) is 5.92 Å². The van der Waals surface area contributed by atoms with E-state index in [0.29, 0.717) is 15.7 Å². The van der Waals surface area contributed by atoms with Gasteiger partial charge in [-0.25, -0.2) is 0 Å². The molecule has 0 aromatic heterocycles. The summed E-state index contributed by atoms with van der Waals surface area (Å²) in [6, 6.07) is 5.06. The first-order valence-electron chi connectivity index (χ1n) is 6.00. The van der Waals surface area contributed by atoms with Crippen molar-refractivity contribution in [2.45, 2.75) is 12.8 Å². The normalized spacial score (nSPS) is 20.7. The van der Waals surface area contributed by atoms with Crippen LogP contribution in [0.5, 0.6) is 0 Å². The Morgan fingerprint density at radius 3 is 2.94 bits per heavy atom. The summed E-state index contributed by atoms with van der Waals surface area (Å²) in [5.74, 6) is 0.0458. The van der Waals surface area contributed by atoms with Crippen molar-refractivity contribution in [1.29, 1.82) is 0 Å². The zero-order chi connectivity index (χ0) is 13.1. The van der Waals surface area contributed by atoms with Gasteiger partial charge in [-0.15, -0.1) is 0 Å². The summed E-state index contributed by atoms with van der Waals surface area (Å²) < 4.78 is 0. The minimum Gasteiger partial charge on any atom is -0.324 e. The van der Waals surface area contributed by atoms with Crippen molar-refractivity contribution in [3.05, 3.63) is 28.2 Å². The standard InChI is InChI=1S/C13H16Cl2N2O/c1-17-6-2-3-9(8-17)13(18)16-12-7-10(14)4-5-11(12)15/h4-5,7,9H,2-3,6,8H2,1H3,(H,16,18)/t9-/m1/s1. The number of likely N-dealkylation sites (tertiary alicyclic amines) is 1. The maximum absolute atomic E-state index is 12.1. The first-order chi connectivity index (χ1) is 8.56. The molecule has 0 aliphatic carbocycles. The zero-order valence-corrected chi connectivity index (χ0v) is 11.8. The van der Waals surface area contributed by atoms with Gasteiger partial charge < -0.3 is 10.2 Å². The number of nitrogens with zero attached hydrogens (tertiary/aromatic N) is 1. The number of halogens is 2. The molecule has 1 atom stereocenters. The van der Waals surface area contributed by atoms with Crippen molar-refractivity contribution in [2.24, 2.45) is 5.92 Å². The molecule has 3 nitrogen and oxygen atoms in total. The van der Waals surface area contributed by atoms with Crippen molar-refractivity contribution >= 4 is 34.8 Å². The first kappa shape index (κ1) is 13.7. The van der Waals surface area contributed by atoms with Crippen LogP contribution in [0.15, 0.2) is 18.2 Å². The summed E-state index contributed by atoms with van der Waals surface area (Å²) in [5, 5.41) is 3.94. The van der Waals surface area contributed by atoms with Crippen molar-refractivity contribution in [3.8, 4) is 0 Å². The molecule has 1 amide bonds. The molecule has 18 heavy (non-hydrogen) atoms. The van der Waals surface area contributed by atoms with Gasteiger partial charge in [-0.1, -0.05) is 23.2 Å². The number of nitrogens with one attached hydrogen (secondary N) is 1. The number of piperidine rings is 1. The molecule has 1 aliphatic heterocycles. The molecular formula is C13H16Cl2N2O. The lowest BCUT2D eigenvalue weighted by atomic mass is 9.97. The van der Waals surface area contributed by atoms with E-state index in [2.05, 4.69) is 10.2 Å². The Hall–Kier alpha value is -0.770. The van der Waals surface area contributed by atoms with Gasteiger partial charge in [0.25, 0.3) is 0 Å². The summed E-state index contributed by atoms with van der Waals surface area (Å²) in [6.07, 6.45) is 1.98. The van der Waals surface area contributed by atoms with Gasteiger partial charge in [0.15, 0.2) is 0 Å². The average Bonchev–Trinajstić information content (AvgIpc) is 2.34. The quantitative estimate of drug-likeness (QED) is 0.905. The fourth-order valence-electron chi connectivity index (χ4n) is 2.21. The van der Waals surface area contributed by atoms with Gasteiger partial charge in [0.1, 0.15) is 0 Å². The van der Waals surface area contributed by atoms with Gasteiger partial charge in [-0.3, -0.25) is 4.79 Å². The predicted molar refractivity (Wildman–Crippen MR) is 75.3 cm³/mol. The number of benzene rings is 1. The largest absolute Gasteiger partial charge is 0.324 e. The highest BCUT2D eigenvalue weighted by Crippen LogP contribution is 2.26. The smallest absolute Gasteiger partial charge is 0.228 e. The van der Waals surface area contributed by atoms with Crippen LogP contribution in [0.4, 0.5) is 5.69 Å². The summed E-state index contributed by atoms with van der Waals surface area (Å²) in [6.45, 7) is 1.85. The molecule has 0 radical (unpaired) electrons. The molecule has 1 N–H and O–H groups in total. The molecule has 5 heteroatoms. The van der Waals surface area contributed by atoms with Gasteiger partial charge in [0.05, 0.1) is 16.6 Å². The summed E-state index contributed by atoms with van der Waals surface area (Å²) in [7, 11) is 2.03. The zero-order valence-electron chi connectivity index (χ0n) is 10.2. The lowest BCUT2D eigenvalue weighted by Crippen LogP contribution is -2.38. The van der Waals surface area contributed by atoms with E-state index in [1.807, 2.05) is 7.05 Å². The van der Waals surface area contributed by atoms with Crippen LogP contribution in [-0.4, -0.2) is 30.9 Å². The van der Waals surface area contributed by atoms with Crippen LogP contribution in [0.1, 0.15) is 12.8 Å². The van der Waals surface area contributed by atoms with Crippen LogP contribution in [-0.2, 0) is 4.79 Å². The third-order valence-corrected chi connectivity index (χ3v) is 3.75. The number of carbonyl (C=O) groups excluding carboxylic acids is 1. The molecule has 1 aliphatic rings. The third kappa shape index (κ3) is 3.37. The fraction of sp³-hybridized carbons (Fsp3) is 0.462. The maximum atomic E-state index is 12.1. The van der Waals surface area contributed by atoms with Crippen LogP contribution in [0.2, 0.25) is 10.0 Å². The molecule has 0 unspecified atom stereocenters. The van der Waals surface area contributed by atoms with E-state index in [1.165, 1.54) is 0 Å². The molecule has 1 fully saturated rings. The number of carbonyl (C=O) groups is 1. The predicted octanol–water partition coefficient (Wildman–Crippen LogP) is 3.27. The Kier molecular flexibility index (Phi) is 4.49. The highest BCUT2D eigenvalue weighted by atomic mass is 35.5. The van der Waals surface area contributed by atoms with E-state index in [4.69, 9.17) is 23.2 Å². The summed E-state index contributed by atoms with van der Waals surface area (Å²) >= 11 is 11.9. The Labute approximate surface area is 117 Å². The molecule has 1 aromatic rings. The monoisotopic (exact) mass is 286 g/mol. The topological polar surface area (TPSA) is 32.3 Å². The van der Waals surface area contributed by atoms with Crippen LogP contribution < -0.4 is 5.32 Å². The molecule has 1 aromatic carbocycles. The van der Waals surface area contributed by atoms with Gasteiger partial charge in [-0.05, 0) is 44.6 Å². The summed E-state index contributed by atoms with van der Waals surface area (Å²) in [4.78, 5) is 14.3. The number of hydrogen-bond acceptors (Lipinski definition) is 2. The van der Waals surface area contributed by atoms with E-state index in [0.717, 1.165) is 25.9 Å². The average molecular weight is 287 g/mol. The Morgan fingerprint density at radius 2 is 2.22 bits per heavy atom. The van der Waals surface area contributed by atoms with Crippen molar-refractivity contribution in [1.82, 2.24) is 4.90 Å². The molecule has 1 saturated heterocycles. The second-order valence-corrected chi connectivity index (χ2v) is 5.56. The molecule has 0 bridgehead atoms. The molecule has 0 saturated carbocycles. The second-order valence-electron chi connectivity index (χ2n) is 4.71. The van der Waals surface area contributed by atoms with Crippen LogP contribution >= 0.6 is 23.2 Å². The van der Waals surface area contributed by atoms with E-state index < -0.39 is 0 Å². The van der Waals surface area contributed by atoms with Gasteiger partial charge in [0.2, 0.25) is 5.91 Å². The number of rotatable bonds is 2. The van der Waals surface area contributed by atoms with Gasteiger partial charge in [-0.2, -0.15) is 0 Å². The maximum Gasteiger partial charge on any atom is 0.228 e. The second kappa shape index (κ2) is 5.91. The van der Waals surface area contributed by atoms with Crippen molar-refractivity contribution in [2.75, 3.05) is 25.5 Å². The lowest BCUT2D eigenvalue weighted by Gasteiger charge is -2.28. The fourth-order valence-corrected chi connectivity index (χ4v) is 2.55. The SMILES string of the molecule is CN1CCC[C@@H](C(=O)Nc2cc(Cl)ccc2Cl)C1. The number of anilines is 1. The van der Waals surface area contributed by atoms with E-state index in [9.17, 15) is 4.79 Å². The molecule has 1 heterocycles. The highest BCUT2D eigenvalue weighted by molar-refractivity contribution is 6.35. The molecular weight excluding hydrogens is 271 g/mol. The molecule has 0 spiro atoms. The highest BCUT2D eigenvalue weighted by Gasteiger charge is 2.24. The van der Waals surface area contributed by atoms with Gasteiger partial charge in [0, 0.05) is 11.6 Å². The third-order valence-electron chi connectivity index (χ3n) is 3.18. The van der Waals surface area contributed by atoms with Gasteiger partial charge >= 0.3 is 0 Å². The minimum absolute atomic E-state index is 0.0192. The number of amides is 1.